The van der Waals surface area contributed by atoms with Gasteiger partial charge in [0.25, 0.3) is 0 Å². The van der Waals surface area contributed by atoms with Gasteiger partial charge in [-0.05, 0) is 20.5 Å². The van der Waals surface area contributed by atoms with Gasteiger partial charge in [-0.25, -0.2) is 0 Å². The summed E-state index contributed by atoms with van der Waals surface area (Å²) in [6.07, 6.45) is 0.980. The zero-order valence-corrected chi connectivity index (χ0v) is 8.77. The second-order valence-electron chi connectivity index (χ2n) is 2.79. The maximum absolute atomic E-state index is 5.32. The molecule has 0 radical (unpaired) electrons. The average Bonchev–Trinajstić information content (AvgIpc) is 2.16. The van der Waals surface area contributed by atoms with Crippen LogP contribution in [0.2, 0.25) is 0 Å². The molecule has 0 fully saturated rings. The lowest BCUT2D eigenvalue weighted by atomic mass is 10.5. The number of hydrogen-bond acceptors (Lipinski definition) is 4. The molecule has 13 heavy (non-hydrogen) atoms. The van der Waals surface area contributed by atoms with E-state index in [0.29, 0.717) is 0 Å². The standard InChI is InChI=1S/C9H22N2O2/c1-10-4-8-12-6-3-7-13-9-5-11-2/h10-11H,3-9H2,1-2H3. The second-order valence-corrected chi connectivity index (χ2v) is 2.79. The van der Waals surface area contributed by atoms with Gasteiger partial charge in [-0.1, -0.05) is 0 Å². The van der Waals surface area contributed by atoms with Gasteiger partial charge in [-0.2, -0.15) is 0 Å². The van der Waals surface area contributed by atoms with Crippen molar-refractivity contribution in [3.05, 3.63) is 0 Å². The van der Waals surface area contributed by atoms with Crippen molar-refractivity contribution in [3.63, 3.8) is 0 Å². The van der Waals surface area contributed by atoms with E-state index in [9.17, 15) is 0 Å². The molecule has 0 atom stereocenters. The van der Waals surface area contributed by atoms with Crippen LogP contribution in [-0.2, 0) is 9.47 Å². The predicted octanol–water partition coefficient (Wildman–Crippen LogP) is -0.151. The molecule has 0 aliphatic heterocycles. The highest BCUT2D eigenvalue weighted by atomic mass is 16.5. The molecule has 0 rings (SSSR count). The summed E-state index contributed by atoms with van der Waals surface area (Å²) in [7, 11) is 3.84. The van der Waals surface area contributed by atoms with Crippen molar-refractivity contribution in [1.82, 2.24) is 10.6 Å². The van der Waals surface area contributed by atoms with Crippen LogP contribution in [0, 0.1) is 0 Å². The molecule has 0 saturated heterocycles. The highest BCUT2D eigenvalue weighted by Gasteiger charge is 1.89. The van der Waals surface area contributed by atoms with Crippen molar-refractivity contribution in [2.75, 3.05) is 53.6 Å². The maximum atomic E-state index is 5.32. The van der Waals surface area contributed by atoms with Crippen molar-refractivity contribution >= 4 is 0 Å². The molecule has 0 aliphatic rings. The van der Waals surface area contributed by atoms with E-state index in [1.54, 1.807) is 0 Å². The zero-order valence-electron chi connectivity index (χ0n) is 8.77. The Kier molecular flexibility index (Phi) is 11.7. The Labute approximate surface area is 81.0 Å². The Morgan fingerprint density at radius 3 is 1.62 bits per heavy atom. The molecular weight excluding hydrogens is 168 g/mol. The van der Waals surface area contributed by atoms with Gasteiger partial charge >= 0.3 is 0 Å². The van der Waals surface area contributed by atoms with E-state index in [1.165, 1.54) is 0 Å². The number of likely N-dealkylation sites (N-methyl/N-ethyl adjacent to an activating group) is 2. The van der Waals surface area contributed by atoms with Gasteiger partial charge in [0, 0.05) is 26.3 Å². The molecule has 0 aromatic carbocycles. The van der Waals surface area contributed by atoms with Crippen LogP contribution in [-0.4, -0.2) is 53.6 Å². The largest absolute Gasteiger partial charge is 0.380 e. The first kappa shape index (κ1) is 12.8. The molecule has 2 N–H and O–H groups in total. The summed E-state index contributed by atoms with van der Waals surface area (Å²) >= 11 is 0. The summed E-state index contributed by atoms with van der Waals surface area (Å²) in [5.74, 6) is 0. The molecule has 0 aliphatic carbocycles. The third-order valence-corrected chi connectivity index (χ3v) is 1.57. The van der Waals surface area contributed by atoms with E-state index in [2.05, 4.69) is 10.6 Å². The minimum Gasteiger partial charge on any atom is -0.380 e. The van der Waals surface area contributed by atoms with Crippen molar-refractivity contribution in [3.8, 4) is 0 Å². The second kappa shape index (κ2) is 11.8. The van der Waals surface area contributed by atoms with Crippen LogP contribution in [0.3, 0.4) is 0 Å². The quantitative estimate of drug-likeness (QED) is 0.470. The topological polar surface area (TPSA) is 42.5 Å². The summed E-state index contributed by atoms with van der Waals surface area (Å²) in [4.78, 5) is 0. The zero-order chi connectivity index (χ0) is 9.78. The van der Waals surface area contributed by atoms with E-state index >= 15 is 0 Å². The van der Waals surface area contributed by atoms with Crippen LogP contribution in [0.25, 0.3) is 0 Å². The molecule has 0 heterocycles. The number of ether oxygens (including phenoxy) is 2. The predicted molar refractivity (Wildman–Crippen MR) is 54.1 cm³/mol. The molecule has 0 aromatic rings. The normalized spacial score (nSPS) is 10.6. The molecule has 4 nitrogen and oxygen atoms in total. The Balaban J connectivity index is 2.76. The van der Waals surface area contributed by atoms with Crippen LogP contribution in [0.5, 0.6) is 0 Å². The van der Waals surface area contributed by atoms with Gasteiger partial charge in [-0.15, -0.1) is 0 Å². The lowest BCUT2D eigenvalue weighted by Gasteiger charge is -2.04. The first-order valence-electron chi connectivity index (χ1n) is 4.86. The molecule has 0 spiro atoms. The Hall–Kier alpha value is -0.160. The van der Waals surface area contributed by atoms with Crippen LogP contribution in [0.15, 0.2) is 0 Å². The fourth-order valence-corrected chi connectivity index (χ4v) is 0.816. The molecule has 0 bridgehead atoms. The van der Waals surface area contributed by atoms with E-state index in [0.717, 1.165) is 45.9 Å². The smallest absolute Gasteiger partial charge is 0.0590 e. The summed E-state index contributed by atoms with van der Waals surface area (Å²) in [6, 6.07) is 0. The SMILES string of the molecule is CNCCOCCCOCCNC. The van der Waals surface area contributed by atoms with E-state index in [-0.39, 0.29) is 0 Å². The third kappa shape index (κ3) is 11.8. The monoisotopic (exact) mass is 190 g/mol. The summed E-state index contributed by atoms with van der Waals surface area (Å²) in [5, 5.41) is 6.04. The van der Waals surface area contributed by atoms with Crippen LogP contribution in [0.1, 0.15) is 6.42 Å². The first-order chi connectivity index (χ1) is 6.41. The minimum atomic E-state index is 0.785. The third-order valence-electron chi connectivity index (χ3n) is 1.57. The summed E-state index contributed by atoms with van der Waals surface area (Å²) < 4.78 is 10.6. The van der Waals surface area contributed by atoms with Gasteiger partial charge in [-0.3, -0.25) is 0 Å². The Morgan fingerprint density at radius 2 is 1.23 bits per heavy atom. The van der Waals surface area contributed by atoms with Crippen LogP contribution >= 0.6 is 0 Å². The highest BCUT2D eigenvalue weighted by molar-refractivity contribution is 4.40. The first-order valence-corrected chi connectivity index (χ1v) is 4.86. The molecule has 0 aromatic heterocycles. The Bertz CT molecular complexity index is 81.7. The fourth-order valence-electron chi connectivity index (χ4n) is 0.816. The molecule has 4 heteroatoms. The van der Waals surface area contributed by atoms with Crippen molar-refractivity contribution in [1.29, 1.82) is 0 Å². The Morgan fingerprint density at radius 1 is 0.769 bits per heavy atom. The maximum Gasteiger partial charge on any atom is 0.0590 e. The molecule has 0 amide bonds. The van der Waals surface area contributed by atoms with E-state index in [4.69, 9.17) is 9.47 Å². The number of hydrogen-bond donors (Lipinski definition) is 2. The molecule has 0 unspecified atom stereocenters. The van der Waals surface area contributed by atoms with Crippen molar-refractivity contribution < 1.29 is 9.47 Å². The van der Waals surface area contributed by atoms with Crippen molar-refractivity contribution in [2.45, 2.75) is 6.42 Å². The van der Waals surface area contributed by atoms with Crippen LogP contribution < -0.4 is 10.6 Å². The molecular formula is C9H22N2O2. The number of rotatable bonds is 10. The van der Waals surface area contributed by atoms with E-state index < -0.39 is 0 Å². The van der Waals surface area contributed by atoms with Gasteiger partial charge in [0.1, 0.15) is 0 Å². The average molecular weight is 190 g/mol. The van der Waals surface area contributed by atoms with Crippen LogP contribution in [0.4, 0.5) is 0 Å². The lowest BCUT2D eigenvalue weighted by molar-refractivity contribution is 0.0857. The van der Waals surface area contributed by atoms with E-state index in [1.807, 2.05) is 14.1 Å². The summed E-state index contributed by atoms with van der Waals surface area (Å²) in [5.41, 5.74) is 0. The van der Waals surface area contributed by atoms with Gasteiger partial charge in [0.15, 0.2) is 0 Å². The number of nitrogens with one attached hydrogen (secondary N) is 2. The molecule has 80 valence electrons. The van der Waals surface area contributed by atoms with Gasteiger partial charge < -0.3 is 20.1 Å². The minimum absolute atomic E-state index is 0.785. The molecule has 0 saturated carbocycles. The fraction of sp³-hybridized carbons (Fsp3) is 1.00. The van der Waals surface area contributed by atoms with Gasteiger partial charge in [0.2, 0.25) is 0 Å². The highest BCUT2D eigenvalue weighted by Crippen LogP contribution is 1.84. The van der Waals surface area contributed by atoms with Crippen molar-refractivity contribution in [2.24, 2.45) is 0 Å². The van der Waals surface area contributed by atoms with Gasteiger partial charge in [0.05, 0.1) is 13.2 Å². The lowest BCUT2D eigenvalue weighted by Crippen LogP contribution is -2.16. The summed E-state index contributed by atoms with van der Waals surface area (Å²) in [6.45, 7) is 4.99.